The highest BCUT2D eigenvalue weighted by atomic mass is 35.5. The third-order valence-electron chi connectivity index (χ3n) is 6.32. The van der Waals surface area contributed by atoms with Crippen molar-refractivity contribution in [3.8, 4) is 17.3 Å². The van der Waals surface area contributed by atoms with Crippen LogP contribution >= 0.6 is 34.7 Å². The molecule has 2 aromatic carbocycles. The average Bonchev–Trinajstić information content (AvgIpc) is 3.74. The Bertz CT molecular complexity index is 1580. The van der Waals surface area contributed by atoms with Crippen LogP contribution < -0.4 is 4.90 Å². The number of hydrogen-bond donors (Lipinski definition) is 0. The first-order chi connectivity index (χ1) is 19.1. The molecule has 0 atom stereocenters. The van der Waals surface area contributed by atoms with Crippen LogP contribution in [0.1, 0.15) is 15.5 Å². The number of carbonyl (C=O) groups is 1. The van der Waals surface area contributed by atoms with Gasteiger partial charge in [0.25, 0.3) is 5.91 Å². The van der Waals surface area contributed by atoms with E-state index in [4.69, 9.17) is 16.0 Å². The van der Waals surface area contributed by atoms with Crippen LogP contribution in [0.25, 0.3) is 17.3 Å². The summed E-state index contributed by atoms with van der Waals surface area (Å²) in [7, 11) is 0. The van der Waals surface area contributed by atoms with Gasteiger partial charge >= 0.3 is 0 Å². The first kappa shape index (κ1) is 25.6. The van der Waals surface area contributed by atoms with Crippen LogP contribution in [-0.4, -0.2) is 56.7 Å². The summed E-state index contributed by atoms with van der Waals surface area (Å²) in [6.45, 7) is 2.15. The first-order valence-corrected chi connectivity index (χ1v) is 14.4. The monoisotopic (exact) mass is 580 g/mol. The van der Waals surface area contributed by atoms with E-state index >= 15 is 0 Å². The molecule has 0 N–H and O–H groups in total. The lowest BCUT2D eigenvalue weighted by molar-refractivity contribution is 0.0741. The van der Waals surface area contributed by atoms with Gasteiger partial charge in [0, 0.05) is 42.3 Å². The molecule has 12 heteroatoms. The molecule has 39 heavy (non-hydrogen) atoms. The number of thioether (sulfide) groups is 1. The number of para-hydroxylation sites is 1. The van der Waals surface area contributed by atoms with Gasteiger partial charge in [-0.05, 0) is 48.5 Å². The Labute approximate surface area is 237 Å². The average molecular weight is 581 g/mol. The van der Waals surface area contributed by atoms with Gasteiger partial charge < -0.3 is 14.2 Å². The minimum atomic E-state index is -0.248. The number of amides is 1. The number of carbonyl (C=O) groups excluding carboxylic acids is 1. The van der Waals surface area contributed by atoms with Gasteiger partial charge in [-0.1, -0.05) is 35.5 Å². The molecule has 1 aliphatic heterocycles. The second-order valence-electron chi connectivity index (χ2n) is 8.74. The van der Waals surface area contributed by atoms with Gasteiger partial charge in [0.1, 0.15) is 16.5 Å². The summed E-state index contributed by atoms with van der Waals surface area (Å²) in [5, 5.41) is 12.6. The van der Waals surface area contributed by atoms with Crippen molar-refractivity contribution in [2.45, 2.75) is 10.9 Å². The zero-order valence-corrected chi connectivity index (χ0v) is 22.9. The molecule has 1 fully saturated rings. The van der Waals surface area contributed by atoms with E-state index in [1.54, 1.807) is 34.7 Å². The van der Waals surface area contributed by atoms with Crippen molar-refractivity contribution < 1.29 is 13.6 Å². The number of thiazole rings is 1. The molecule has 0 aliphatic carbocycles. The summed E-state index contributed by atoms with van der Waals surface area (Å²) in [5.41, 5.74) is 1.84. The number of benzene rings is 2. The van der Waals surface area contributed by atoms with Crippen molar-refractivity contribution in [3.05, 3.63) is 93.8 Å². The van der Waals surface area contributed by atoms with Crippen LogP contribution in [0.4, 0.5) is 10.1 Å². The third kappa shape index (κ3) is 5.42. The topological polar surface area (TPSA) is 80.3 Å². The SMILES string of the molecule is O=C(c1csc(CSc2nnc(-c3ccco3)n2-c2ccc(Cl)cc2)n1)N1CCN(c2ccccc2F)CC1. The van der Waals surface area contributed by atoms with Crippen LogP contribution in [0.5, 0.6) is 0 Å². The molecule has 8 nitrogen and oxygen atoms in total. The predicted octanol–water partition coefficient (Wildman–Crippen LogP) is 6.03. The van der Waals surface area contributed by atoms with E-state index in [0.717, 1.165) is 10.7 Å². The molecule has 0 radical (unpaired) electrons. The summed E-state index contributed by atoms with van der Waals surface area (Å²) in [4.78, 5) is 21.5. The van der Waals surface area contributed by atoms with Gasteiger partial charge in [-0.2, -0.15) is 0 Å². The summed E-state index contributed by atoms with van der Waals surface area (Å²) in [5.74, 6) is 1.33. The summed E-state index contributed by atoms with van der Waals surface area (Å²) < 4.78 is 21.6. The number of hydrogen-bond acceptors (Lipinski definition) is 8. The van der Waals surface area contributed by atoms with Gasteiger partial charge in [0.2, 0.25) is 5.82 Å². The van der Waals surface area contributed by atoms with E-state index in [1.165, 1.54) is 29.2 Å². The van der Waals surface area contributed by atoms with E-state index < -0.39 is 0 Å². The van der Waals surface area contributed by atoms with Gasteiger partial charge in [0.15, 0.2) is 10.9 Å². The van der Waals surface area contributed by atoms with Gasteiger partial charge in [0.05, 0.1) is 17.7 Å². The standard InChI is InChI=1S/C27H22ClFN6O2S2/c28-18-7-9-19(10-8-18)35-25(23-6-3-15-37-23)31-32-27(35)39-17-24-30-21(16-38-24)26(36)34-13-11-33(12-14-34)22-5-2-1-4-20(22)29/h1-10,15-16H,11-14,17H2. The lowest BCUT2D eigenvalue weighted by atomic mass is 10.2. The Kier molecular flexibility index (Phi) is 7.36. The quantitative estimate of drug-likeness (QED) is 0.217. The molecule has 6 rings (SSSR count). The molecule has 1 aliphatic rings. The predicted molar refractivity (Wildman–Crippen MR) is 150 cm³/mol. The number of rotatable bonds is 7. The van der Waals surface area contributed by atoms with Gasteiger partial charge in [-0.3, -0.25) is 9.36 Å². The molecule has 4 heterocycles. The number of furan rings is 1. The lowest BCUT2D eigenvalue weighted by Crippen LogP contribution is -2.49. The van der Waals surface area contributed by atoms with E-state index in [9.17, 15) is 9.18 Å². The number of nitrogens with zero attached hydrogens (tertiary/aromatic N) is 6. The fourth-order valence-electron chi connectivity index (χ4n) is 4.37. The molecular formula is C27H22ClFN6O2S2. The van der Waals surface area contributed by atoms with Gasteiger partial charge in [-0.15, -0.1) is 21.5 Å². The highest BCUT2D eigenvalue weighted by Gasteiger charge is 2.25. The molecule has 0 bridgehead atoms. The van der Waals surface area contributed by atoms with Crippen molar-refractivity contribution in [2.24, 2.45) is 0 Å². The number of halogens is 2. The molecule has 1 saturated heterocycles. The maximum absolute atomic E-state index is 14.2. The number of aromatic nitrogens is 4. The number of piperazine rings is 1. The van der Waals surface area contributed by atoms with Crippen LogP contribution in [0, 0.1) is 5.82 Å². The Hall–Kier alpha value is -3.67. The molecule has 3 aromatic heterocycles. The minimum absolute atomic E-state index is 0.111. The molecule has 0 unspecified atom stereocenters. The van der Waals surface area contributed by atoms with Crippen LogP contribution in [-0.2, 0) is 5.75 Å². The van der Waals surface area contributed by atoms with E-state index in [-0.39, 0.29) is 11.7 Å². The molecular weight excluding hydrogens is 559 g/mol. The second kappa shape index (κ2) is 11.2. The smallest absolute Gasteiger partial charge is 0.273 e. The van der Waals surface area contributed by atoms with E-state index in [1.807, 2.05) is 45.9 Å². The molecule has 5 aromatic rings. The second-order valence-corrected chi connectivity index (χ2v) is 11.1. The summed E-state index contributed by atoms with van der Waals surface area (Å²) in [6.07, 6.45) is 1.59. The molecule has 0 spiro atoms. The van der Waals surface area contributed by atoms with Crippen molar-refractivity contribution in [2.75, 3.05) is 31.1 Å². The van der Waals surface area contributed by atoms with Crippen LogP contribution in [0.2, 0.25) is 5.02 Å². The zero-order valence-electron chi connectivity index (χ0n) is 20.5. The van der Waals surface area contributed by atoms with Crippen molar-refractivity contribution in [1.29, 1.82) is 0 Å². The number of anilines is 1. The highest BCUT2D eigenvalue weighted by Crippen LogP contribution is 2.31. The fraction of sp³-hybridized carbons (Fsp3) is 0.185. The van der Waals surface area contributed by atoms with E-state index in [0.29, 0.717) is 65.1 Å². The largest absolute Gasteiger partial charge is 0.461 e. The summed E-state index contributed by atoms with van der Waals surface area (Å²) in [6, 6.07) is 17.8. The Morgan fingerprint density at radius 1 is 1.03 bits per heavy atom. The zero-order chi connectivity index (χ0) is 26.8. The Balaban J connectivity index is 1.13. The minimum Gasteiger partial charge on any atom is -0.461 e. The van der Waals surface area contributed by atoms with Crippen LogP contribution in [0.3, 0.4) is 0 Å². The highest BCUT2D eigenvalue weighted by molar-refractivity contribution is 7.98. The molecule has 198 valence electrons. The lowest BCUT2D eigenvalue weighted by Gasteiger charge is -2.35. The van der Waals surface area contributed by atoms with Crippen molar-refractivity contribution in [1.82, 2.24) is 24.6 Å². The molecule has 1 amide bonds. The van der Waals surface area contributed by atoms with Crippen molar-refractivity contribution in [3.63, 3.8) is 0 Å². The Morgan fingerprint density at radius 2 is 1.82 bits per heavy atom. The fourth-order valence-corrected chi connectivity index (χ4v) is 6.24. The van der Waals surface area contributed by atoms with Crippen molar-refractivity contribution >= 4 is 46.3 Å². The summed E-state index contributed by atoms with van der Waals surface area (Å²) >= 11 is 9.01. The first-order valence-electron chi connectivity index (χ1n) is 12.2. The third-order valence-corrected chi connectivity index (χ3v) is 8.54. The van der Waals surface area contributed by atoms with Gasteiger partial charge in [-0.25, -0.2) is 9.37 Å². The molecule has 0 saturated carbocycles. The van der Waals surface area contributed by atoms with E-state index in [2.05, 4.69) is 15.2 Å². The normalized spacial score (nSPS) is 13.7. The maximum atomic E-state index is 14.2. The Morgan fingerprint density at radius 3 is 2.56 bits per heavy atom. The maximum Gasteiger partial charge on any atom is 0.273 e. The van der Waals surface area contributed by atoms with Crippen LogP contribution in [0.15, 0.2) is 81.9 Å².